The first-order chi connectivity index (χ1) is 14.6. The van der Waals surface area contributed by atoms with Crippen LogP contribution in [0.1, 0.15) is 58.6 Å². The summed E-state index contributed by atoms with van der Waals surface area (Å²) in [5.41, 5.74) is 0.588. The molecule has 1 saturated carbocycles. The Morgan fingerprint density at radius 2 is 1.97 bits per heavy atom. The average molecular weight is 467 g/mol. The smallest absolute Gasteiger partial charge is 0.244 e. The molecule has 2 heterocycles. The van der Waals surface area contributed by atoms with Gasteiger partial charge in [-0.05, 0) is 25.0 Å². The molecule has 1 fully saturated rings. The van der Waals surface area contributed by atoms with Gasteiger partial charge >= 0.3 is 0 Å². The lowest BCUT2D eigenvalue weighted by Crippen LogP contribution is -2.38. The van der Waals surface area contributed by atoms with Crippen molar-refractivity contribution in [2.45, 2.75) is 74.3 Å². The van der Waals surface area contributed by atoms with Crippen LogP contribution in [0.4, 0.5) is 5.88 Å². The van der Waals surface area contributed by atoms with E-state index in [9.17, 15) is 13.2 Å². The van der Waals surface area contributed by atoms with E-state index in [1.807, 2.05) is 20.8 Å². The van der Waals surface area contributed by atoms with Crippen molar-refractivity contribution < 1.29 is 17.7 Å². The highest BCUT2D eigenvalue weighted by atomic mass is 32.2. The van der Waals surface area contributed by atoms with Crippen molar-refractivity contribution in [2.24, 2.45) is 0 Å². The Kier molecular flexibility index (Phi) is 7.43. The summed E-state index contributed by atoms with van der Waals surface area (Å²) in [5, 5.41) is 7.21. The zero-order valence-electron chi connectivity index (χ0n) is 18.4. The van der Waals surface area contributed by atoms with Crippen LogP contribution < -0.4 is 5.32 Å². The molecular weight excluding hydrogens is 436 g/mol. The normalized spacial score (nSPS) is 15.9. The number of amides is 1. The fourth-order valence-corrected chi connectivity index (χ4v) is 5.42. The van der Waals surface area contributed by atoms with E-state index in [0.717, 1.165) is 31.4 Å². The molecule has 0 saturated heterocycles. The van der Waals surface area contributed by atoms with Gasteiger partial charge < -0.3 is 4.52 Å². The molecule has 0 aromatic carbocycles. The summed E-state index contributed by atoms with van der Waals surface area (Å²) in [4.78, 5) is 16.6. The summed E-state index contributed by atoms with van der Waals surface area (Å²) in [7, 11) is -1.93. The van der Waals surface area contributed by atoms with Gasteiger partial charge in [-0.15, -0.1) is 0 Å². The number of hydrogen-bond donors (Lipinski definition) is 1. The Morgan fingerprint density at radius 1 is 1.26 bits per heavy atom. The van der Waals surface area contributed by atoms with Gasteiger partial charge in [0, 0.05) is 30.8 Å². The summed E-state index contributed by atoms with van der Waals surface area (Å²) in [5.74, 6) is 0.167. The van der Waals surface area contributed by atoms with Crippen LogP contribution >= 0.6 is 11.8 Å². The maximum atomic E-state index is 12.9. The number of carbonyl (C=O) groups is 1. The van der Waals surface area contributed by atoms with Crippen LogP contribution in [-0.4, -0.2) is 47.6 Å². The van der Waals surface area contributed by atoms with Gasteiger partial charge in [0.05, 0.1) is 16.5 Å². The third-order valence-electron chi connectivity index (χ3n) is 5.37. The number of hydrogen-bond acceptors (Lipinski definition) is 7. The van der Waals surface area contributed by atoms with Gasteiger partial charge in [0.1, 0.15) is 4.90 Å². The van der Waals surface area contributed by atoms with Gasteiger partial charge in [0.25, 0.3) is 0 Å². The SMILES string of the molecule is CN(C1CCCCC1)S(=O)(=O)c1ccc(SCC(=O)Nc2cc(C(C)(C)C)no2)nc1. The van der Waals surface area contributed by atoms with Gasteiger partial charge in [0.2, 0.25) is 21.8 Å². The number of sulfonamides is 1. The van der Waals surface area contributed by atoms with Crippen LogP contribution in [0.5, 0.6) is 0 Å². The predicted molar refractivity (Wildman–Crippen MR) is 121 cm³/mol. The first kappa shape index (κ1) is 23.7. The summed E-state index contributed by atoms with van der Waals surface area (Å²) >= 11 is 1.22. The second-order valence-electron chi connectivity index (χ2n) is 8.81. The van der Waals surface area contributed by atoms with E-state index in [1.165, 1.54) is 28.7 Å². The van der Waals surface area contributed by atoms with E-state index in [4.69, 9.17) is 4.52 Å². The fourth-order valence-electron chi connectivity index (χ4n) is 3.41. The number of pyridine rings is 1. The Morgan fingerprint density at radius 3 is 2.55 bits per heavy atom. The van der Waals surface area contributed by atoms with Gasteiger partial charge in [-0.1, -0.05) is 57.0 Å². The molecule has 0 spiro atoms. The quantitative estimate of drug-likeness (QED) is 0.614. The molecule has 0 unspecified atom stereocenters. The summed E-state index contributed by atoms with van der Waals surface area (Å²) in [6, 6.07) is 4.94. The van der Waals surface area contributed by atoms with E-state index in [-0.39, 0.29) is 28.0 Å². The van der Waals surface area contributed by atoms with Crippen LogP contribution in [0.15, 0.2) is 38.8 Å². The van der Waals surface area contributed by atoms with Crippen LogP contribution in [0.3, 0.4) is 0 Å². The first-order valence-corrected chi connectivity index (χ1v) is 12.8. The largest absolute Gasteiger partial charge is 0.338 e. The highest BCUT2D eigenvalue weighted by Gasteiger charge is 2.29. The van der Waals surface area contributed by atoms with E-state index in [2.05, 4.69) is 15.5 Å². The zero-order chi connectivity index (χ0) is 22.6. The lowest BCUT2D eigenvalue weighted by molar-refractivity contribution is -0.113. The van der Waals surface area contributed by atoms with Crippen molar-refractivity contribution in [3.63, 3.8) is 0 Å². The number of nitrogens with one attached hydrogen (secondary N) is 1. The third-order valence-corrected chi connectivity index (χ3v) is 8.20. The molecule has 0 atom stereocenters. The predicted octanol–water partition coefficient (Wildman–Crippen LogP) is 4.05. The Hall–Kier alpha value is -1.91. The molecular formula is C21H30N4O4S2. The number of nitrogens with zero attached hydrogens (tertiary/aromatic N) is 3. The van der Waals surface area contributed by atoms with E-state index in [1.54, 1.807) is 25.2 Å². The van der Waals surface area contributed by atoms with Gasteiger partial charge in [-0.2, -0.15) is 4.31 Å². The molecule has 2 aromatic rings. The van der Waals surface area contributed by atoms with Crippen molar-refractivity contribution in [1.29, 1.82) is 0 Å². The van der Waals surface area contributed by atoms with Gasteiger partial charge in [0.15, 0.2) is 0 Å². The second-order valence-corrected chi connectivity index (χ2v) is 11.8. The Labute approximate surface area is 188 Å². The molecule has 1 aliphatic carbocycles. The number of carbonyl (C=O) groups excluding carboxylic acids is 1. The highest BCUT2D eigenvalue weighted by Crippen LogP contribution is 2.27. The average Bonchev–Trinajstić information content (AvgIpc) is 3.21. The van der Waals surface area contributed by atoms with Crippen LogP contribution in [-0.2, 0) is 20.2 Å². The number of thioether (sulfide) groups is 1. The van der Waals surface area contributed by atoms with Crippen molar-refractivity contribution >= 4 is 33.6 Å². The van der Waals surface area contributed by atoms with Crippen molar-refractivity contribution in [3.8, 4) is 0 Å². The zero-order valence-corrected chi connectivity index (χ0v) is 20.1. The van der Waals surface area contributed by atoms with Crippen molar-refractivity contribution in [2.75, 3.05) is 18.1 Å². The van der Waals surface area contributed by atoms with Crippen LogP contribution in [0.2, 0.25) is 0 Å². The molecule has 3 rings (SSSR count). The van der Waals surface area contributed by atoms with Crippen molar-refractivity contribution in [1.82, 2.24) is 14.4 Å². The van der Waals surface area contributed by atoms with E-state index >= 15 is 0 Å². The van der Waals surface area contributed by atoms with Gasteiger partial charge in [-0.3, -0.25) is 10.1 Å². The third kappa shape index (κ3) is 6.08. The molecule has 2 aromatic heterocycles. The molecule has 1 amide bonds. The van der Waals surface area contributed by atoms with E-state index < -0.39 is 10.0 Å². The molecule has 31 heavy (non-hydrogen) atoms. The molecule has 0 radical (unpaired) electrons. The monoisotopic (exact) mass is 466 g/mol. The summed E-state index contributed by atoms with van der Waals surface area (Å²) in [6.45, 7) is 6.03. The highest BCUT2D eigenvalue weighted by molar-refractivity contribution is 7.99. The fraction of sp³-hybridized carbons (Fsp3) is 0.571. The molecule has 0 aliphatic heterocycles. The maximum absolute atomic E-state index is 12.9. The van der Waals surface area contributed by atoms with Crippen molar-refractivity contribution in [3.05, 3.63) is 30.1 Å². The molecule has 1 N–H and O–H groups in total. The lowest BCUT2D eigenvalue weighted by atomic mass is 9.92. The van der Waals surface area contributed by atoms with Gasteiger partial charge in [-0.25, -0.2) is 13.4 Å². The second kappa shape index (κ2) is 9.70. The number of rotatable bonds is 7. The minimum atomic E-state index is -3.57. The summed E-state index contributed by atoms with van der Waals surface area (Å²) < 4.78 is 32.4. The topological polar surface area (TPSA) is 105 Å². The number of anilines is 1. The number of aromatic nitrogens is 2. The Balaban J connectivity index is 1.55. The first-order valence-electron chi connectivity index (χ1n) is 10.4. The maximum Gasteiger partial charge on any atom is 0.244 e. The summed E-state index contributed by atoms with van der Waals surface area (Å²) in [6.07, 6.45) is 6.45. The molecule has 10 heteroatoms. The molecule has 0 bridgehead atoms. The minimum absolute atomic E-state index is 0.0476. The van der Waals surface area contributed by atoms with Crippen LogP contribution in [0, 0.1) is 0 Å². The van der Waals surface area contributed by atoms with E-state index in [0.29, 0.717) is 10.9 Å². The minimum Gasteiger partial charge on any atom is -0.338 e. The lowest BCUT2D eigenvalue weighted by Gasteiger charge is -2.30. The van der Waals surface area contributed by atoms with Crippen LogP contribution in [0.25, 0.3) is 0 Å². The standard InChI is InChI=1S/C21H30N4O4S2/c1-21(2,3)17-12-19(29-24-17)23-18(26)14-30-20-11-10-16(13-22-20)31(27,28)25(4)15-8-6-5-7-9-15/h10-13,15H,5-9,14H2,1-4H3,(H,23,26). The Bertz CT molecular complexity index is 991. The molecule has 1 aliphatic rings. The molecule has 170 valence electrons. The molecule has 8 nitrogen and oxygen atoms in total.